The zero-order valence-electron chi connectivity index (χ0n) is 5.84. The zero-order chi connectivity index (χ0) is 7.56. The third kappa shape index (κ3) is 2.37. The Morgan fingerprint density at radius 2 is 2.27 bits per heavy atom. The van der Waals surface area contributed by atoms with Crippen molar-refractivity contribution in [3.63, 3.8) is 0 Å². The Hall–Kier alpha value is -0.788. The number of anilines is 1. The van der Waals surface area contributed by atoms with Gasteiger partial charge in [-0.15, -0.1) is 0 Å². The second-order valence-electron chi connectivity index (χ2n) is 1.85. The Bertz CT molecular complexity index is 264. The van der Waals surface area contributed by atoms with Crippen molar-refractivity contribution in [2.75, 3.05) is 5.73 Å². The Kier molecular flexibility index (Phi) is 3.87. The van der Waals surface area contributed by atoms with Gasteiger partial charge in [0.25, 0.3) is 0 Å². The van der Waals surface area contributed by atoms with Crippen LogP contribution in [0.3, 0.4) is 0 Å². The smallest absolute Gasteiger partial charge is 0.0435 e. The molecule has 0 bridgehead atoms. The number of aromatic nitrogens is 2. The van der Waals surface area contributed by atoms with Gasteiger partial charge in [-0.25, -0.2) is 0 Å². The van der Waals surface area contributed by atoms with Crippen molar-refractivity contribution in [1.29, 1.82) is 0 Å². The van der Waals surface area contributed by atoms with Gasteiger partial charge in [-0.3, -0.25) is 4.98 Å². The molecule has 1 rings (SSSR count). The largest absolute Gasteiger partial charge is 0.459 e. The van der Waals surface area contributed by atoms with Gasteiger partial charge in [-0.2, -0.15) is 0 Å². The maximum Gasteiger partial charge on any atom is 0.0435 e. The molecular weight excluding hydrogens is 316 g/mol. The molecule has 11 heavy (non-hydrogen) atoms. The Labute approximate surface area is 77.9 Å². The molecule has 1 radical (unpaired) electrons. The standard InChI is InChI=1S/C6H6N3O.Re/c1-4-2-8-5(3-10)6(7)9-4;/h2H,1H3,(H2,7,9);/q-1;. The molecule has 0 aromatic carbocycles. The molecule has 1 aromatic heterocycles. The minimum absolute atomic E-state index is 0. The van der Waals surface area contributed by atoms with Gasteiger partial charge in [-0.05, 0) is 18.4 Å². The molecule has 0 unspecified atom stereocenters. The number of hydrogen-bond acceptors (Lipinski definition) is 4. The summed E-state index contributed by atoms with van der Waals surface area (Å²) in [7, 11) is 0. The number of hydrogen-bond donors (Lipinski definition) is 1. The van der Waals surface area contributed by atoms with Crippen molar-refractivity contribution in [3.05, 3.63) is 17.6 Å². The van der Waals surface area contributed by atoms with Crippen LogP contribution >= 0.6 is 0 Å². The van der Waals surface area contributed by atoms with Gasteiger partial charge in [0.2, 0.25) is 0 Å². The quantitative estimate of drug-likeness (QED) is 0.729. The van der Waals surface area contributed by atoms with E-state index in [0.29, 0.717) is 5.69 Å². The van der Waals surface area contributed by atoms with Crippen LogP contribution in [-0.4, -0.2) is 16.3 Å². The van der Waals surface area contributed by atoms with Crippen LogP contribution in [0, 0.1) is 6.92 Å². The molecule has 1 aromatic rings. The summed E-state index contributed by atoms with van der Waals surface area (Å²) in [4.78, 5) is 17.5. The number of nitrogens with two attached hydrogens (primary N) is 1. The average Bonchev–Trinajstić information content (AvgIpc) is 1.88. The minimum Gasteiger partial charge on any atom is -0.459 e. The molecule has 0 aliphatic heterocycles. The Morgan fingerprint density at radius 1 is 1.64 bits per heavy atom. The molecular formula is C6H6N3ORe-. The topological polar surface area (TPSA) is 68.9 Å². The SMILES string of the molecule is Cc1cnc([C-]=O)c(N)n1.[Re]. The molecule has 0 saturated carbocycles. The molecule has 0 amide bonds. The maximum atomic E-state index is 10.0. The van der Waals surface area contributed by atoms with Crippen LogP contribution in [0.4, 0.5) is 5.82 Å². The van der Waals surface area contributed by atoms with Gasteiger partial charge < -0.3 is 15.5 Å². The van der Waals surface area contributed by atoms with Crippen LogP contribution in [0.15, 0.2) is 6.20 Å². The molecule has 2 N–H and O–H groups in total. The van der Waals surface area contributed by atoms with E-state index in [0.717, 1.165) is 0 Å². The molecule has 0 aliphatic rings. The zero-order valence-corrected chi connectivity index (χ0v) is 8.55. The minimum atomic E-state index is 0. The first kappa shape index (κ1) is 10.2. The second-order valence-corrected chi connectivity index (χ2v) is 1.85. The number of nitrogens with zero attached hydrogens (tertiary/aromatic N) is 2. The predicted octanol–water partition coefficient (Wildman–Crippen LogP) is -0.177. The van der Waals surface area contributed by atoms with Crippen LogP contribution in [0.5, 0.6) is 0 Å². The summed E-state index contributed by atoms with van der Waals surface area (Å²) in [6.45, 7) is 1.75. The molecule has 59 valence electrons. The van der Waals surface area contributed by atoms with Crippen molar-refractivity contribution in [2.24, 2.45) is 0 Å². The van der Waals surface area contributed by atoms with Gasteiger partial charge in [0.1, 0.15) is 0 Å². The van der Waals surface area contributed by atoms with Crippen molar-refractivity contribution in [2.45, 2.75) is 6.92 Å². The van der Waals surface area contributed by atoms with Gasteiger partial charge in [-0.1, -0.05) is 0 Å². The van der Waals surface area contributed by atoms with E-state index < -0.39 is 0 Å². The molecule has 0 aliphatic carbocycles. The van der Waals surface area contributed by atoms with Crippen LogP contribution in [0.25, 0.3) is 0 Å². The Morgan fingerprint density at radius 3 is 2.73 bits per heavy atom. The van der Waals surface area contributed by atoms with Gasteiger partial charge in [0, 0.05) is 38.6 Å². The summed E-state index contributed by atoms with van der Waals surface area (Å²) in [5.74, 6) is 0.134. The van der Waals surface area contributed by atoms with E-state index in [-0.39, 0.29) is 31.9 Å². The molecule has 4 nitrogen and oxygen atoms in total. The summed E-state index contributed by atoms with van der Waals surface area (Å²) in [6.07, 6.45) is 3.04. The molecule has 5 heteroatoms. The van der Waals surface area contributed by atoms with E-state index in [1.165, 1.54) is 6.20 Å². The van der Waals surface area contributed by atoms with Crippen molar-refractivity contribution in [1.82, 2.24) is 9.97 Å². The second kappa shape index (κ2) is 4.17. The van der Waals surface area contributed by atoms with Gasteiger partial charge >= 0.3 is 0 Å². The van der Waals surface area contributed by atoms with E-state index in [1.807, 2.05) is 0 Å². The molecule has 0 spiro atoms. The average molecular weight is 322 g/mol. The summed E-state index contributed by atoms with van der Waals surface area (Å²) in [5.41, 5.74) is 6.06. The third-order valence-corrected chi connectivity index (χ3v) is 1.02. The monoisotopic (exact) mass is 323 g/mol. The summed E-state index contributed by atoms with van der Waals surface area (Å²) < 4.78 is 0. The normalized spacial score (nSPS) is 8.45. The van der Waals surface area contributed by atoms with E-state index in [4.69, 9.17) is 5.73 Å². The van der Waals surface area contributed by atoms with Crippen LogP contribution < -0.4 is 5.73 Å². The van der Waals surface area contributed by atoms with E-state index in [1.54, 1.807) is 13.2 Å². The first-order valence-electron chi connectivity index (χ1n) is 2.71. The van der Waals surface area contributed by atoms with Crippen molar-refractivity contribution in [3.8, 4) is 0 Å². The molecule has 0 fully saturated rings. The summed E-state index contributed by atoms with van der Waals surface area (Å²) in [5, 5.41) is 0. The summed E-state index contributed by atoms with van der Waals surface area (Å²) in [6, 6.07) is 0. The van der Waals surface area contributed by atoms with Crippen LogP contribution in [-0.2, 0) is 25.2 Å². The fourth-order valence-corrected chi connectivity index (χ4v) is 0.575. The Balaban J connectivity index is 0.000001000. The number of nitrogen functional groups attached to an aromatic ring is 1. The van der Waals surface area contributed by atoms with Crippen molar-refractivity contribution >= 4 is 12.1 Å². The first-order chi connectivity index (χ1) is 4.74. The number of carbonyl (C=O) groups excluding carboxylic acids is 1. The molecule has 0 saturated heterocycles. The van der Waals surface area contributed by atoms with Crippen LogP contribution in [0.2, 0.25) is 0 Å². The van der Waals surface area contributed by atoms with Gasteiger partial charge in [0.05, 0.1) is 0 Å². The number of rotatable bonds is 1. The summed E-state index contributed by atoms with van der Waals surface area (Å²) >= 11 is 0. The molecule has 1 heterocycles. The van der Waals surface area contributed by atoms with Gasteiger partial charge in [0.15, 0.2) is 0 Å². The van der Waals surface area contributed by atoms with E-state index >= 15 is 0 Å². The van der Waals surface area contributed by atoms with E-state index in [2.05, 4.69) is 9.97 Å². The van der Waals surface area contributed by atoms with Crippen LogP contribution in [0.1, 0.15) is 11.4 Å². The van der Waals surface area contributed by atoms with Crippen molar-refractivity contribution < 1.29 is 25.2 Å². The molecule has 0 atom stereocenters. The maximum absolute atomic E-state index is 10.0. The first-order valence-corrected chi connectivity index (χ1v) is 2.71. The predicted molar refractivity (Wildman–Crippen MR) is 36.0 cm³/mol. The number of aryl methyl sites for hydroxylation is 1. The fraction of sp³-hybridized carbons (Fsp3) is 0.167. The van der Waals surface area contributed by atoms with E-state index in [9.17, 15) is 4.79 Å². The fourth-order valence-electron chi connectivity index (χ4n) is 0.575. The third-order valence-electron chi connectivity index (χ3n) is 1.02.